The normalized spacial score (nSPS) is 13.1. The summed E-state index contributed by atoms with van der Waals surface area (Å²) in [4.78, 5) is 10.6. The number of carboxylic acids is 1. The lowest BCUT2D eigenvalue weighted by molar-refractivity contribution is -0.131. The first kappa shape index (κ1) is 20.2. The summed E-state index contributed by atoms with van der Waals surface area (Å²) < 4.78 is 11.4. The van der Waals surface area contributed by atoms with Crippen molar-refractivity contribution in [3.8, 4) is 11.5 Å². The van der Waals surface area contributed by atoms with Gasteiger partial charge >= 0.3 is 12.0 Å². The van der Waals surface area contributed by atoms with Crippen molar-refractivity contribution in [1.82, 2.24) is 0 Å². The molecule has 1 N–H and O–H groups in total. The number of hydrogen-bond acceptors (Lipinski definition) is 3. The minimum absolute atomic E-state index is 0.437. The zero-order chi connectivity index (χ0) is 17.5. The molecule has 0 saturated carbocycles. The number of ether oxygens (including phenoxy) is 2. The second-order valence-electron chi connectivity index (χ2n) is 4.75. The highest BCUT2D eigenvalue weighted by Gasteiger charge is 2.38. The topological polar surface area (TPSA) is 55.8 Å². The van der Waals surface area contributed by atoms with Crippen LogP contribution in [0.1, 0.15) is 32.3 Å². The number of halogens is 3. The Morgan fingerprint density at radius 2 is 2.00 bits per heavy atom. The van der Waals surface area contributed by atoms with Crippen LogP contribution in [0.3, 0.4) is 0 Å². The molecule has 0 aliphatic carbocycles. The van der Waals surface area contributed by atoms with Crippen LogP contribution in [0.2, 0.25) is 0 Å². The van der Waals surface area contributed by atoms with Crippen LogP contribution < -0.4 is 9.47 Å². The Kier molecular flexibility index (Phi) is 8.26. The Balaban J connectivity index is 3.07. The predicted molar refractivity (Wildman–Crippen MR) is 96.9 cm³/mol. The number of carbonyl (C=O) groups is 1. The molecule has 4 nitrogen and oxygen atoms in total. The molecular weight excluding hydrogens is 379 g/mol. The Morgan fingerprint density at radius 1 is 1.30 bits per heavy atom. The first-order valence-corrected chi connectivity index (χ1v) is 12.3. The molecular formula is C15H19Cl3O4Si. The molecule has 1 aromatic rings. The van der Waals surface area contributed by atoms with E-state index in [4.69, 9.17) is 47.8 Å². The molecule has 0 amide bonds. The van der Waals surface area contributed by atoms with Crippen LogP contribution in [0.25, 0.3) is 6.08 Å². The van der Waals surface area contributed by atoms with Crippen molar-refractivity contribution in [1.29, 1.82) is 0 Å². The molecule has 0 aliphatic rings. The lowest BCUT2D eigenvalue weighted by atomic mass is 10.2. The van der Waals surface area contributed by atoms with Gasteiger partial charge in [-0.05, 0) is 37.1 Å². The van der Waals surface area contributed by atoms with Crippen molar-refractivity contribution in [3.05, 3.63) is 29.8 Å². The minimum atomic E-state index is -3.03. The third-order valence-corrected chi connectivity index (χ3v) is 6.20. The molecule has 0 spiro atoms. The fourth-order valence-electron chi connectivity index (χ4n) is 1.87. The van der Waals surface area contributed by atoms with Crippen molar-refractivity contribution < 1.29 is 19.4 Å². The Morgan fingerprint density at radius 3 is 2.52 bits per heavy atom. The Labute approximate surface area is 151 Å². The summed E-state index contributed by atoms with van der Waals surface area (Å²) in [6.45, 7) is 4.27. The van der Waals surface area contributed by atoms with Gasteiger partial charge in [0.1, 0.15) is 5.73 Å². The van der Waals surface area contributed by atoms with Gasteiger partial charge in [-0.15, -0.1) is 33.2 Å². The van der Waals surface area contributed by atoms with E-state index in [0.717, 1.165) is 12.5 Å². The fourth-order valence-corrected chi connectivity index (χ4v) is 4.13. The maximum absolute atomic E-state index is 10.6. The van der Waals surface area contributed by atoms with E-state index in [0.29, 0.717) is 30.1 Å². The highest BCUT2D eigenvalue weighted by atomic mass is 35.8. The van der Waals surface area contributed by atoms with E-state index < -0.39 is 17.7 Å². The molecule has 1 atom stereocenters. The van der Waals surface area contributed by atoms with Crippen LogP contribution >= 0.6 is 33.2 Å². The van der Waals surface area contributed by atoms with Crippen LogP contribution in [0.5, 0.6) is 11.5 Å². The maximum atomic E-state index is 10.6. The lowest BCUT2D eigenvalue weighted by Crippen LogP contribution is -2.36. The van der Waals surface area contributed by atoms with Gasteiger partial charge in [0.15, 0.2) is 11.5 Å². The molecule has 0 aliphatic heterocycles. The first-order chi connectivity index (χ1) is 10.8. The van der Waals surface area contributed by atoms with Gasteiger partial charge in [-0.2, -0.15) is 0 Å². The van der Waals surface area contributed by atoms with E-state index in [-0.39, 0.29) is 0 Å². The average Bonchev–Trinajstić information content (AvgIpc) is 2.46. The van der Waals surface area contributed by atoms with Gasteiger partial charge in [0.05, 0.1) is 6.61 Å². The van der Waals surface area contributed by atoms with Crippen molar-refractivity contribution >= 4 is 51.3 Å². The van der Waals surface area contributed by atoms with E-state index in [2.05, 4.69) is 0 Å². The standard InChI is InChI=1S/C15H19Cl3O4Si/c1-3-5-15(23(16,17)18)22-12-8-6-11(7-9-14(19)20)10-13(12)21-4-2/h6-10,15H,3-5H2,1-2H3,(H,19,20)/b9-7+. The smallest absolute Gasteiger partial charge is 0.381 e. The van der Waals surface area contributed by atoms with Gasteiger partial charge in [-0.1, -0.05) is 19.4 Å². The summed E-state index contributed by atoms with van der Waals surface area (Å²) in [5.74, 6) is -0.0468. The summed E-state index contributed by atoms with van der Waals surface area (Å²) in [7, 11) is 0. The predicted octanol–water partition coefficient (Wildman–Crippen LogP) is 4.93. The number of benzene rings is 1. The largest absolute Gasteiger partial charge is 0.490 e. The van der Waals surface area contributed by atoms with Gasteiger partial charge < -0.3 is 14.6 Å². The maximum Gasteiger partial charge on any atom is 0.381 e. The lowest BCUT2D eigenvalue weighted by Gasteiger charge is -2.24. The molecule has 0 bridgehead atoms. The second kappa shape index (κ2) is 9.42. The second-order valence-corrected chi connectivity index (χ2v) is 13.6. The molecule has 1 unspecified atom stereocenters. The zero-order valence-electron chi connectivity index (χ0n) is 12.9. The van der Waals surface area contributed by atoms with E-state index in [1.54, 1.807) is 18.2 Å². The summed E-state index contributed by atoms with van der Waals surface area (Å²) >= 11 is 18.3. The fraction of sp³-hybridized carbons (Fsp3) is 0.400. The summed E-state index contributed by atoms with van der Waals surface area (Å²) in [6.07, 6.45) is 3.99. The van der Waals surface area contributed by atoms with Crippen LogP contribution in [0.4, 0.5) is 0 Å². The highest BCUT2D eigenvalue weighted by Crippen LogP contribution is 2.35. The van der Waals surface area contributed by atoms with Crippen LogP contribution in [0.15, 0.2) is 24.3 Å². The molecule has 0 fully saturated rings. The summed E-state index contributed by atoms with van der Waals surface area (Å²) in [6, 6.07) is 2.08. The molecule has 8 heteroatoms. The number of carboxylic acid groups (broad SMARTS) is 1. The average molecular weight is 398 g/mol. The quantitative estimate of drug-likeness (QED) is 0.365. The van der Waals surface area contributed by atoms with Crippen LogP contribution in [-0.4, -0.2) is 29.4 Å². The number of hydrogen-bond donors (Lipinski definition) is 1. The first-order valence-electron chi connectivity index (χ1n) is 7.19. The minimum Gasteiger partial charge on any atom is -0.490 e. The Bertz CT molecular complexity index is 558. The van der Waals surface area contributed by atoms with E-state index in [1.165, 1.54) is 6.08 Å². The van der Waals surface area contributed by atoms with E-state index in [9.17, 15) is 4.79 Å². The molecule has 0 saturated heterocycles. The molecule has 1 rings (SSSR count). The SMILES string of the molecule is CCCC(Oc1ccc(/C=C/C(=O)O)cc1OCC)[Si](Cl)(Cl)Cl. The van der Waals surface area contributed by atoms with Crippen LogP contribution in [0, 0.1) is 0 Å². The van der Waals surface area contributed by atoms with Gasteiger partial charge in [-0.25, -0.2) is 4.79 Å². The van der Waals surface area contributed by atoms with Crippen molar-refractivity contribution in [2.45, 2.75) is 32.4 Å². The van der Waals surface area contributed by atoms with Crippen molar-refractivity contribution in [2.24, 2.45) is 0 Å². The van der Waals surface area contributed by atoms with Gasteiger partial charge in [0.2, 0.25) is 0 Å². The molecule has 0 aromatic heterocycles. The summed E-state index contributed by atoms with van der Waals surface area (Å²) in [5, 5.41) is 8.69. The van der Waals surface area contributed by atoms with Crippen molar-refractivity contribution in [3.63, 3.8) is 0 Å². The third kappa shape index (κ3) is 7.04. The Hall–Kier alpha value is -0.883. The van der Waals surface area contributed by atoms with E-state index in [1.807, 2.05) is 13.8 Å². The van der Waals surface area contributed by atoms with Gasteiger partial charge in [0.25, 0.3) is 0 Å². The van der Waals surface area contributed by atoms with Crippen molar-refractivity contribution in [2.75, 3.05) is 6.61 Å². The van der Waals surface area contributed by atoms with Gasteiger partial charge in [0, 0.05) is 6.08 Å². The molecule has 128 valence electrons. The summed E-state index contributed by atoms with van der Waals surface area (Å²) in [5.41, 5.74) is 0.207. The zero-order valence-corrected chi connectivity index (χ0v) is 16.2. The number of aliphatic carboxylic acids is 1. The third-order valence-electron chi connectivity index (χ3n) is 2.87. The van der Waals surface area contributed by atoms with Gasteiger partial charge in [-0.3, -0.25) is 0 Å². The molecule has 0 radical (unpaired) electrons. The molecule has 23 heavy (non-hydrogen) atoms. The monoisotopic (exact) mass is 396 g/mol. The van der Waals surface area contributed by atoms with Crippen LogP contribution in [-0.2, 0) is 4.79 Å². The molecule has 1 aromatic carbocycles. The van der Waals surface area contributed by atoms with E-state index >= 15 is 0 Å². The highest BCUT2D eigenvalue weighted by molar-refractivity contribution is 7.65. The molecule has 0 heterocycles. The number of rotatable bonds is 9.